The predicted octanol–water partition coefficient (Wildman–Crippen LogP) is 2.08. The number of hydrogen-bond acceptors (Lipinski definition) is 5. The van der Waals surface area contributed by atoms with Crippen molar-refractivity contribution in [2.45, 2.75) is 19.3 Å². The molecule has 1 aliphatic carbocycles. The molecule has 2 aromatic rings. The third-order valence-corrected chi connectivity index (χ3v) is 6.13. The highest BCUT2D eigenvalue weighted by molar-refractivity contribution is 7.15. The number of aryl methyl sites for hydroxylation is 1. The van der Waals surface area contributed by atoms with E-state index in [9.17, 15) is 4.79 Å². The molecular formula is C18H22N4OS. The Morgan fingerprint density at radius 3 is 2.83 bits per heavy atom. The fraction of sp³-hybridized carbons (Fsp3) is 0.500. The Bertz CT molecular complexity index is 722. The zero-order chi connectivity index (χ0) is 16.5. The highest BCUT2D eigenvalue weighted by Crippen LogP contribution is 2.34. The van der Waals surface area contributed by atoms with E-state index in [1.54, 1.807) is 17.5 Å². The summed E-state index contributed by atoms with van der Waals surface area (Å²) in [5.74, 6) is 0.458. The molecule has 0 radical (unpaired) electrons. The lowest BCUT2D eigenvalue weighted by Gasteiger charge is -2.35. The van der Waals surface area contributed by atoms with Crippen LogP contribution in [0.5, 0.6) is 0 Å². The number of fused-ring (bicyclic) bond motifs is 1. The van der Waals surface area contributed by atoms with Crippen LogP contribution in [0, 0.1) is 5.92 Å². The maximum atomic E-state index is 12.8. The summed E-state index contributed by atoms with van der Waals surface area (Å²) in [4.78, 5) is 27.6. The summed E-state index contributed by atoms with van der Waals surface area (Å²) >= 11 is 1.70. The summed E-state index contributed by atoms with van der Waals surface area (Å²) in [7, 11) is 2.12. The molecule has 6 heteroatoms. The lowest BCUT2D eigenvalue weighted by molar-refractivity contribution is -0.137. The van der Waals surface area contributed by atoms with Crippen molar-refractivity contribution in [3.63, 3.8) is 0 Å². The van der Waals surface area contributed by atoms with Gasteiger partial charge in [-0.05, 0) is 38.4 Å². The third kappa shape index (κ3) is 3.08. The molecule has 1 unspecified atom stereocenters. The van der Waals surface area contributed by atoms with E-state index in [1.165, 1.54) is 10.6 Å². The zero-order valence-electron chi connectivity index (χ0n) is 13.9. The minimum Gasteiger partial charge on any atom is -0.340 e. The van der Waals surface area contributed by atoms with Crippen molar-refractivity contribution in [2.75, 3.05) is 33.2 Å². The van der Waals surface area contributed by atoms with E-state index in [1.807, 2.05) is 18.2 Å². The molecule has 1 saturated heterocycles. The van der Waals surface area contributed by atoms with Crippen molar-refractivity contribution in [2.24, 2.45) is 5.92 Å². The van der Waals surface area contributed by atoms with E-state index in [0.717, 1.165) is 56.1 Å². The van der Waals surface area contributed by atoms with Crippen LogP contribution in [-0.2, 0) is 17.6 Å². The minimum absolute atomic E-state index is 0.123. The van der Waals surface area contributed by atoms with Crippen molar-refractivity contribution in [1.82, 2.24) is 19.8 Å². The molecule has 1 amide bonds. The molecule has 0 bridgehead atoms. The van der Waals surface area contributed by atoms with Gasteiger partial charge in [-0.3, -0.25) is 9.78 Å². The van der Waals surface area contributed by atoms with Crippen LogP contribution in [0.4, 0.5) is 0 Å². The molecule has 0 aromatic carbocycles. The number of amides is 1. The molecule has 1 aliphatic heterocycles. The second-order valence-corrected chi connectivity index (χ2v) is 7.76. The highest BCUT2D eigenvalue weighted by Gasteiger charge is 2.31. The zero-order valence-corrected chi connectivity index (χ0v) is 14.8. The molecule has 3 heterocycles. The topological polar surface area (TPSA) is 49.3 Å². The normalized spacial score (nSPS) is 21.5. The second kappa shape index (κ2) is 6.61. The first kappa shape index (κ1) is 15.7. The van der Waals surface area contributed by atoms with Gasteiger partial charge in [-0.1, -0.05) is 6.07 Å². The van der Waals surface area contributed by atoms with Crippen LogP contribution in [0.15, 0.2) is 24.4 Å². The number of rotatable bonds is 2. The Balaban J connectivity index is 1.48. The van der Waals surface area contributed by atoms with Crippen molar-refractivity contribution in [3.05, 3.63) is 35.0 Å². The summed E-state index contributed by atoms with van der Waals surface area (Å²) < 4.78 is 0. The first-order valence-electron chi connectivity index (χ1n) is 8.58. The van der Waals surface area contributed by atoms with Crippen molar-refractivity contribution in [1.29, 1.82) is 0 Å². The van der Waals surface area contributed by atoms with Crippen LogP contribution < -0.4 is 0 Å². The van der Waals surface area contributed by atoms with Gasteiger partial charge in [-0.2, -0.15) is 0 Å². The Hall–Kier alpha value is -1.79. The van der Waals surface area contributed by atoms with Gasteiger partial charge in [0, 0.05) is 43.2 Å². The number of nitrogens with zero attached hydrogens (tertiary/aromatic N) is 4. The number of piperazine rings is 1. The molecule has 0 spiro atoms. The van der Waals surface area contributed by atoms with Gasteiger partial charge < -0.3 is 9.80 Å². The number of pyridine rings is 1. The molecule has 1 atom stereocenters. The van der Waals surface area contributed by atoms with Gasteiger partial charge in [0.05, 0.1) is 11.4 Å². The van der Waals surface area contributed by atoms with Crippen LogP contribution in [-0.4, -0.2) is 58.9 Å². The van der Waals surface area contributed by atoms with Gasteiger partial charge >= 0.3 is 0 Å². The molecule has 24 heavy (non-hydrogen) atoms. The number of carbonyl (C=O) groups is 1. The Kier molecular flexibility index (Phi) is 4.33. The van der Waals surface area contributed by atoms with Gasteiger partial charge in [0.2, 0.25) is 5.91 Å². The SMILES string of the molecule is CN1CCN(C(=O)C2CCc3nc(-c4ccccn4)sc3C2)CC1. The first-order valence-corrected chi connectivity index (χ1v) is 9.39. The van der Waals surface area contributed by atoms with Gasteiger partial charge in [-0.15, -0.1) is 11.3 Å². The molecular weight excluding hydrogens is 320 g/mol. The van der Waals surface area contributed by atoms with Crippen molar-refractivity contribution >= 4 is 17.2 Å². The van der Waals surface area contributed by atoms with Gasteiger partial charge in [0.1, 0.15) is 5.01 Å². The van der Waals surface area contributed by atoms with Crippen LogP contribution in [0.25, 0.3) is 10.7 Å². The average Bonchev–Trinajstić information content (AvgIpc) is 3.06. The van der Waals surface area contributed by atoms with E-state index in [-0.39, 0.29) is 5.92 Å². The molecule has 0 saturated carbocycles. The highest BCUT2D eigenvalue weighted by atomic mass is 32.1. The van der Waals surface area contributed by atoms with Crippen LogP contribution in [0.2, 0.25) is 0 Å². The quantitative estimate of drug-likeness (QED) is 0.838. The molecule has 2 aliphatic rings. The summed E-state index contributed by atoms with van der Waals surface area (Å²) in [5.41, 5.74) is 2.10. The summed E-state index contributed by atoms with van der Waals surface area (Å²) in [6.45, 7) is 3.68. The number of carbonyl (C=O) groups excluding carboxylic acids is 1. The number of hydrogen-bond donors (Lipinski definition) is 0. The minimum atomic E-state index is 0.123. The Morgan fingerprint density at radius 2 is 2.08 bits per heavy atom. The predicted molar refractivity (Wildman–Crippen MR) is 94.9 cm³/mol. The van der Waals surface area contributed by atoms with Crippen molar-refractivity contribution < 1.29 is 4.79 Å². The summed E-state index contributed by atoms with van der Waals surface area (Å²) in [6, 6.07) is 5.90. The molecule has 4 rings (SSSR count). The molecule has 2 aromatic heterocycles. The summed E-state index contributed by atoms with van der Waals surface area (Å²) in [5, 5.41) is 0.980. The lowest BCUT2D eigenvalue weighted by Crippen LogP contribution is -2.49. The average molecular weight is 342 g/mol. The van der Waals surface area contributed by atoms with Crippen LogP contribution in [0.3, 0.4) is 0 Å². The first-order chi connectivity index (χ1) is 11.7. The molecule has 5 nitrogen and oxygen atoms in total. The van der Waals surface area contributed by atoms with E-state index in [2.05, 4.69) is 21.8 Å². The van der Waals surface area contributed by atoms with Gasteiger partial charge in [0.15, 0.2) is 0 Å². The van der Waals surface area contributed by atoms with E-state index in [4.69, 9.17) is 4.98 Å². The Labute approximate surface area is 146 Å². The van der Waals surface area contributed by atoms with E-state index >= 15 is 0 Å². The second-order valence-electron chi connectivity index (χ2n) is 6.67. The maximum Gasteiger partial charge on any atom is 0.226 e. The van der Waals surface area contributed by atoms with E-state index in [0.29, 0.717) is 5.91 Å². The molecule has 1 fully saturated rings. The van der Waals surface area contributed by atoms with Gasteiger partial charge in [-0.25, -0.2) is 4.98 Å². The molecule has 0 N–H and O–H groups in total. The largest absolute Gasteiger partial charge is 0.340 e. The standard InChI is InChI=1S/C18H22N4OS/c1-21-8-10-22(11-9-21)18(23)13-5-6-14-16(12-13)24-17(20-14)15-4-2-3-7-19-15/h2-4,7,13H,5-6,8-12H2,1H3. The van der Waals surface area contributed by atoms with E-state index < -0.39 is 0 Å². The van der Waals surface area contributed by atoms with Gasteiger partial charge in [0.25, 0.3) is 0 Å². The summed E-state index contributed by atoms with van der Waals surface area (Å²) in [6.07, 6.45) is 4.47. The number of aromatic nitrogens is 2. The van der Waals surface area contributed by atoms with Crippen molar-refractivity contribution in [3.8, 4) is 10.7 Å². The maximum absolute atomic E-state index is 12.8. The Morgan fingerprint density at radius 1 is 1.25 bits per heavy atom. The monoisotopic (exact) mass is 342 g/mol. The van der Waals surface area contributed by atoms with Crippen LogP contribution >= 0.6 is 11.3 Å². The number of thiazole rings is 1. The third-order valence-electron chi connectivity index (χ3n) is 4.99. The fourth-order valence-corrected chi connectivity index (χ4v) is 4.63. The smallest absolute Gasteiger partial charge is 0.226 e. The van der Waals surface area contributed by atoms with Crippen LogP contribution in [0.1, 0.15) is 17.0 Å². The molecule has 126 valence electrons. The lowest BCUT2D eigenvalue weighted by atomic mass is 9.90. The fourth-order valence-electron chi connectivity index (χ4n) is 3.47. The number of likely N-dealkylation sites (N-methyl/N-ethyl adjacent to an activating group) is 1.